The van der Waals surface area contributed by atoms with E-state index in [9.17, 15) is 9.59 Å². The number of rotatable bonds is 6. The second-order valence-corrected chi connectivity index (χ2v) is 9.16. The number of carbonyl (C=O) groups is 2. The second kappa shape index (κ2) is 8.58. The minimum Gasteiger partial charge on any atom is -0.353 e. The normalized spacial score (nSPS) is 21.5. The van der Waals surface area contributed by atoms with Crippen LogP contribution in [0.2, 0.25) is 0 Å². The van der Waals surface area contributed by atoms with Crippen molar-refractivity contribution >= 4 is 11.8 Å². The highest BCUT2D eigenvalue weighted by molar-refractivity contribution is 5.86. The molecule has 4 rings (SSSR count). The van der Waals surface area contributed by atoms with Gasteiger partial charge in [-0.15, -0.1) is 0 Å². The third kappa shape index (κ3) is 4.25. The lowest BCUT2D eigenvalue weighted by molar-refractivity contribution is -0.138. The third-order valence-corrected chi connectivity index (χ3v) is 6.51. The first-order valence-corrected chi connectivity index (χ1v) is 11.1. The Kier molecular flexibility index (Phi) is 5.89. The molecule has 2 aromatic rings. The molecule has 2 aliphatic rings. The molecular weight excluding hydrogens is 374 g/mol. The largest absolute Gasteiger partial charge is 0.353 e. The first-order chi connectivity index (χ1) is 14.5. The maximum atomic E-state index is 13.2. The highest BCUT2D eigenvalue weighted by atomic mass is 16.2. The quantitative estimate of drug-likeness (QED) is 0.794. The van der Waals surface area contributed by atoms with Gasteiger partial charge in [0.25, 0.3) is 0 Å². The summed E-state index contributed by atoms with van der Waals surface area (Å²) >= 11 is 0. The van der Waals surface area contributed by atoms with Crippen molar-refractivity contribution in [3.05, 3.63) is 54.4 Å². The van der Waals surface area contributed by atoms with Crippen LogP contribution in [-0.4, -0.2) is 40.8 Å². The minimum absolute atomic E-state index is 0.0674. The van der Waals surface area contributed by atoms with E-state index in [-0.39, 0.29) is 23.8 Å². The molecule has 1 aliphatic carbocycles. The van der Waals surface area contributed by atoms with Crippen LogP contribution in [0.1, 0.15) is 45.1 Å². The van der Waals surface area contributed by atoms with Crippen molar-refractivity contribution in [2.75, 3.05) is 13.1 Å². The van der Waals surface area contributed by atoms with Crippen molar-refractivity contribution in [2.24, 2.45) is 11.3 Å². The number of aromatic nitrogens is 1. The fourth-order valence-corrected chi connectivity index (χ4v) is 4.54. The molecule has 0 spiro atoms. The van der Waals surface area contributed by atoms with Crippen LogP contribution in [-0.2, 0) is 16.0 Å². The molecule has 1 atom stereocenters. The zero-order valence-electron chi connectivity index (χ0n) is 17.9. The van der Waals surface area contributed by atoms with Crippen LogP contribution < -0.4 is 5.32 Å². The van der Waals surface area contributed by atoms with E-state index < -0.39 is 5.41 Å². The smallest absolute Gasteiger partial charge is 0.228 e. The van der Waals surface area contributed by atoms with Gasteiger partial charge < -0.3 is 10.2 Å². The number of nitrogens with zero attached hydrogens (tertiary/aromatic N) is 2. The molecule has 5 nitrogen and oxygen atoms in total. The summed E-state index contributed by atoms with van der Waals surface area (Å²) in [6.07, 6.45) is 8.13. The monoisotopic (exact) mass is 405 g/mol. The highest BCUT2D eigenvalue weighted by Crippen LogP contribution is 2.38. The Hall–Kier alpha value is -2.69. The summed E-state index contributed by atoms with van der Waals surface area (Å²) < 4.78 is 0. The van der Waals surface area contributed by atoms with E-state index in [4.69, 9.17) is 0 Å². The molecule has 2 heterocycles. The molecule has 1 aliphatic heterocycles. The number of hydrogen-bond donors (Lipinski definition) is 1. The van der Waals surface area contributed by atoms with Gasteiger partial charge >= 0.3 is 0 Å². The molecule has 1 saturated heterocycles. The van der Waals surface area contributed by atoms with E-state index in [0.29, 0.717) is 25.9 Å². The van der Waals surface area contributed by atoms with E-state index in [1.807, 2.05) is 37.1 Å². The number of hydrogen-bond acceptors (Lipinski definition) is 3. The van der Waals surface area contributed by atoms with Gasteiger partial charge in [-0.1, -0.05) is 36.8 Å². The Morgan fingerprint density at radius 2 is 1.93 bits per heavy atom. The predicted octanol–water partition coefficient (Wildman–Crippen LogP) is 3.83. The van der Waals surface area contributed by atoms with Gasteiger partial charge in [-0.25, -0.2) is 0 Å². The summed E-state index contributed by atoms with van der Waals surface area (Å²) in [5, 5.41) is 3.11. The van der Waals surface area contributed by atoms with Gasteiger partial charge in [-0.2, -0.15) is 0 Å². The van der Waals surface area contributed by atoms with Gasteiger partial charge in [0.05, 0.1) is 5.41 Å². The van der Waals surface area contributed by atoms with Crippen LogP contribution in [0.25, 0.3) is 11.1 Å². The maximum Gasteiger partial charge on any atom is 0.228 e. The summed E-state index contributed by atoms with van der Waals surface area (Å²) in [6.45, 7) is 5.17. The standard InChI is InChI=1S/C25H31N3O2/c1-18(2)27-24(30)25(12-14-28(17-25)23(29)21-5-3-6-21)15-19-8-10-20(11-9-19)22-7-4-13-26-16-22/h4,7-11,13,16,18,21H,3,5-6,12,14-15,17H2,1-2H3,(H,27,30)/t25-/m1/s1. The van der Waals surface area contributed by atoms with Crippen LogP contribution >= 0.6 is 0 Å². The van der Waals surface area contributed by atoms with Crippen LogP contribution in [0.5, 0.6) is 0 Å². The third-order valence-electron chi connectivity index (χ3n) is 6.51. The van der Waals surface area contributed by atoms with E-state index in [1.165, 1.54) is 0 Å². The zero-order valence-corrected chi connectivity index (χ0v) is 17.9. The average Bonchev–Trinajstić information content (AvgIpc) is 3.13. The first kappa shape index (κ1) is 20.6. The van der Waals surface area contributed by atoms with E-state index in [1.54, 1.807) is 6.20 Å². The molecule has 1 aromatic carbocycles. The second-order valence-electron chi connectivity index (χ2n) is 9.16. The topological polar surface area (TPSA) is 62.3 Å². The van der Waals surface area contributed by atoms with Crippen LogP contribution in [0.15, 0.2) is 48.8 Å². The number of nitrogens with one attached hydrogen (secondary N) is 1. The summed E-state index contributed by atoms with van der Waals surface area (Å²) in [5.41, 5.74) is 2.76. The fourth-order valence-electron chi connectivity index (χ4n) is 4.54. The van der Waals surface area contributed by atoms with Crippen LogP contribution in [0.4, 0.5) is 0 Å². The fraction of sp³-hybridized carbons (Fsp3) is 0.480. The number of likely N-dealkylation sites (tertiary alicyclic amines) is 1. The minimum atomic E-state index is -0.556. The van der Waals surface area contributed by atoms with Crippen LogP contribution in [0.3, 0.4) is 0 Å². The van der Waals surface area contributed by atoms with Crippen molar-refractivity contribution in [3.8, 4) is 11.1 Å². The Morgan fingerprint density at radius 3 is 2.53 bits per heavy atom. The lowest BCUT2D eigenvalue weighted by atomic mass is 9.79. The molecule has 0 radical (unpaired) electrons. The molecule has 2 amide bonds. The molecule has 0 bridgehead atoms. The molecule has 1 N–H and O–H groups in total. The van der Waals surface area contributed by atoms with E-state index in [0.717, 1.165) is 36.0 Å². The maximum absolute atomic E-state index is 13.2. The van der Waals surface area contributed by atoms with Crippen molar-refractivity contribution in [1.82, 2.24) is 15.2 Å². The number of pyridine rings is 1. The first-order valence-electron chi connectivity index (χ1n) is 11.1. The Morgan fingerprint density at radius 1 is 1.17 bits per heavy atom. The Bertz CT molecular complexity index is 890. The van der Waals surface area contributed by atoms with Gasteiger partial charge in [0.1, 0.15) is 0 Å². The Labute approximate surface area is 178 Å². The molecule has 0 unspecified atom stereocenters. The van der Waals surface area contributed by atoms with Gasteiger partial charge in [-0.05, 0) is 62.3 Å². The Balaban J connectivity index is 1.53. The lowest BCUT2D eigenvalue weighted by Gasteiger charge is -2.32. The molecular formula is C25H31N3O2. The summed E-state index contributed by atoms with van der Waals surface area (Å²) in [7, 11) is 0. The summed E-state index contributed by atoms with van der Waals surface area (Å²) in [5.74, 6) is 0.484. The predicted molar refractivity (Wildman–Crippen MR) is 118 cm³/mol. The molecule has 158 valence electrons. The SMILES string of the molecule is CC(C)NC(=O)[C@@]1(Cc2ccc(-c3cccnc3)cc2)CCN(C(=O)C2CCC2)C1. The van der Waals surface area contributed by atoms with Crippen LogP contribution in [0, 0.1) is 11.3 Å². The van der Waals surface area contributed by atoms with Gasteiger partial charge in [0, 0.05) is 37.4 Å². The molecule has 5 heteroatoms. The average molecular weight is 406 g/mol. The van der Waals surface area contributed by atoms with Crippen molar-refractivity contribution in [1.29, 1.82) is 0 Å². The van der Waals surface area contributed by atoms with Gasteiger partial charge in [0.15, 0.2) is 0 Å². The van der Waals surface area contributed by atoms with Crippen molar-refractivity contribution in [3.63, 3.8) is 0 Å². The zero-order chi connectivity index (χ0) is 21.1. The van der Waals surface area contributed by atoms with E-state index >= 15 is 0 Å². The molecule has 1 saturated carbocycles. The molecule has 1 aromatic heterocycles. The van der Waals surface area contributed by atoms with Gasteiger partial charge in [0.2, 0.25) is 11.8 Å². The van der Waals surface area contributed by atoms with Gasteiger partial charge in [-0.3, -0.25) is 14.6 Å². The summed E-state index contributed by atoms with van der Waals surface area (Å²) in [6, 6.07) is 12.4. The number of carbonyl (C=O) groups excluding carboxylic acids is 2. The summed E-state index contributed by atoms with van der Waals surface area (Å²) in [4.78, 5) is 32.2. The van der Waals surface area contributed by atoms with Crippen molar-refractivity contribution < 1.29 is 9.59 Å². The molecule has 2 fully saturated rings. The number of amides is 2. The number of benzene rings is 1. The molecule has 30 heavy (non-hydrogen) atoms. The van der Waals surface area contributed by atoms with E-state index in [2.05, 4.69) is 34.6 Å². The van der Waals surface area contributed by atoms with Crippen molar-refractivity contribution in [2.45, 2.75) is 52.0 Å². The highest BCUT2D eigenvalue weighted by Gasteiger charge is 2.47. The lowest BCUT2D eigenvalue weighted by Crippen LogP contribution is -2.48.